The zero-order valence-corrected chi connectivity index (χ0v) is 23.5. The van der Waals surface area contributed by atoms with Crippen molar-refractivity contribution in [3.63, 3.8) is 0 Å². The smallest absolute Gasteiger partial charge is 0.300 e. The number of oxazole rings is 1. The van der Waals surface area contributed by atoms with E-state index in [-0.39, 0.29) is 0 Å². The largest absolute Gasteiger partial charge is 0.493 e. The molecular weight excluding hydrogens is 520 g/mol. The molecule has 0 saturated heterocycles. The Balaban J connectivity index is 1.33. The first kappa shape index (κ1) is 26.0. The van der Waals surface area contributed by atoms with E-state index in [1.54, 1.807) is 21.3 Å². The summed E-state index contributed by atoms with van der Waals surface area (Å²) in [5.41, 5.74) is 14.6. The summed E-state index contributed by atoms with van der Waals surface area (Å²) in [4.78, 5) is 13.4. The number of nitrogens with two attached hydrogens (primary N) is 1. The van der Waals surface area contributed by atoms with Crippen LogP contribution >= 0.6 is 0 Å². The van der Waals surface area contributed by atoms with Crippen molar-refractivity contribution in [3.05, 3.63) is 77.7 Å². The van der Waals surface area contributed by atoms with Crippen LogP contribution in [0.4, 0.5) is 17.5 Å². The minimum Gasteiger partial charge on any atom is -0.493 e. The lowest BCUT2D eigenvalue weighted by Crippen LogP contribution is -2.03. The summed E-state index contributed by atoms with van der Waals surface area (Å²) in [6.07, 6.45) is 3.51. The summed E-state index contributed by atoms with van der Waals surface area (Å²) in [6, 6.07) is 16.4. The molecule has 3 N–H and O–H groups in total. The molecule has 10 heteroatoms. The molecule has 0 radical (unpaired) electrons. The number of hydrogen-bond acceptors (Lipinski definition) is 9. The number of hydrogen-bond donors (Lipinski definition) is 2. The molecule has 0 spiro atoms. The topological polar surface area (TPSA) is 122 Å². The highest BCUT2D eigenvalue weighted by molar-refractivity contribution is 6.00. The number of fused-ring (bicyclic) bond motifs is 2. The number of aryl methyl sites for hydroxylation is 2. The summed E-state index contributed by atoms with van der Waals surface area (Å²) in [5, 5.41) is 4.05. The molecule has 3 aromatic heterocycles. The van der Waals surface area contributed by atoms with Crippen LogP contribution in [0, 0.1) is 13.8 Å². The molecule has 6 rings (SSSR count). The molecule has 0 saturated carbocycles. The molecule has 0 unspecified atom stereocenters. The van der Waals surface area contributed by atoms with Crippen molar-refractivity contribution in [1.82, 2.24) is 19.5 Å². The average Bonchev–Trinajstić information content (AvgIpc) is 3.55. The standard InChI is InChI=1S/C31H30N6O4/c1-17-10-18(2)27-23(11-17)36-31(41-27)35-21-8-6-20(7-9-21)22-15-37(30-26(22)29(32)33-16-34-30)14-19-12-24(38-3)28(40-5)25(13-19)39-4/h6-13,15-16H,14H2,1-5H3,(H,35,36)(H2,32,33,34). The number of ether oxygens (including phenoxy) is 3. The van der Waals surface area contributed by atoms with Crippen LogP contribution in [-0.4, -0.2) is 40.8 Å². The number of methoxy groups -OCH3 is 3. The van der Waals surface area contributed by atoms with E-state index in [2.05, 4.69) is 26.3 Å². The minimum absolute atomic E-state index is 0.410. The second kappa shape index (κ2) is 10.4. The maximum absolute atomic E-state index is 6.37. The van der Waals surface area contributed by atoms with Gasteiger partial charge < -0.3 is 34.2 Å². The fourth-order valence-corrected chi connectivity index (χ4v) is 5.20. The summed E-state index contributed by atoms with van der Waals surface area (Å²) >= 11 is 0. The van der Waals surface area contributed by atoms with Crippen molar-refractivity contribution >= 4 is 39.7 Å². The molecule has 6 aromatic rings. The van der Waals surface area contributed by atoms with E-state index >= 15 is 0 Å². The lowest BCUT2D eigenvalue weighted by Gasteiger charge is -2.14. The van der Waals surface area contributed by atoms with Crippen LogP contribution in [0.2, 0.25) is 0 Å². The SMILES string of the molecule is COc1cc(Cn2cc(-c3ccc(Nc4nc5cc(C)cc(C)c5o4)cc3)c3c(N)ncnc32)cc(OC)c1OC. The van der Waals surface area contributed by atoms with Crippen LogP contribution in [-0.2, 0) is 6.54 Å². The van der Waals surface area contributed by atoms with Gasteiger partial charge in [-0.15, -0.1) is 0 Å². The van der Waals surface area contributed by atoms with Gasteiger partial charge in [0.2, 0.25) is 5.75 Å². The highest BCUT2D eigenvalue weighted by Crippen LogP contribution is 2.39. The highest BCUT2D eigenvalue weighted by atomic mass is 16.5. The Morgan fingerprint density at radius 1 is 0.927 bits per heavy atom. The van der Waals surface area contributed by atoms with E-state index in [1.807, 2.05) is 67.1 Å². The lowest BCUT2D eigenvalue weighted by atomic mass is 10.1. The van der Waals surface area contributed by atoms with Crippen LogP contribution in [0.1, 0.15) is 16.7 Å². The molecule has 0 atom stereocenters. The number of nitrogens with zero attached hydrogens (tertiary/aromatic N) is 4. The van der Waals surface area contributed by atoms with Gasteiger partial charge in [0.1, 0.15) is 23.3 Å². The second-order valence-corrected chi connectivity index (χ2v) is 9.81. The summed E-state index contributed by atoms with van der Waals surface area (Å²) in [5.74, 6) is 2.12. The minimum atomic E-state index is 0.410. The van der Waals surface area contributed by atoms with Gasteiger partial charge in [0, 0.05) is 24.0 Å². The Morgan fingerprint density at radius 2 is 1.66 bits per heavy atom. The summed E-state index contributed by atoms with van der Waals surface area (Å²) < 4.78 is 24.6. The molecule has 3 aromatic carbocycles. The highest BCUT2D eigenvalue weighted by Gasteiger charge is 2.18. The first-order valence-electron chi connectivity index (χ1n) is 13.0. The zero-order chi connectivity index (χ0) is 28.7. The number of nitrogen functional groups attached to an aromatic ring is 1. The van der Waals surface area contributed by atoms with Gasteiger partial charge in [-0.05, 0) is 66.4 Å². The normalized spacial score (nSPS) is 11.2. The van der Waals surface area contributed by atoms with E-state index in [1.165, 1.54) is 6.33 Å². The molecule has 10 nitrogen and oxygen atoms in total. The maximum atomic E-state index is 6.37. The lowest BCUT2D eigenvalue weighted by molar-refractivity contribution is 0.323. The van der Waals surface area contributed by atoms with Gasteiger partial charge in [-0.2, -0.15) is 4.98 Å². The fraction of sp³-hybridized carbons (Fsp3) is 0.194. The zero-order valence-electron chi connectivity index (χ0n) is 23.5. The molecule has 0 fully saturated rings. The summed E-state index contributed by atoms with van der Waals surface area (Å²) in [7, 11) is 4.78. The third-order valence-electron chi connectivity index (χ3n) is 7.03. The number of anilines is 3. The van der Waals surface area contributed by atoms with Gasteiger partial charge in [0.05, 0.1) is 26.7 Å². The van der Waals surface area contributed by atoms with Crippen LogP contribution in [0.15, 0.2) is 65.5 Å². The van der Waals surface area contributed by atoms with Crippen LogP contribution in [0.3, 0.4) is 0 Å². The molecule has 0 aliphatic rings. The van der Waals surface area contributed by atoms with Gasteiger partial charge in [0.15, 0.2) is 17.1 Å². The van der Waals surface area contributed by atoms with Crippen LogP contribution < -0.4 is 25.3 Å². The Bertz CT molecular complexity index is 1870. The van der Waals surface area contributed by atoms with Crippen molar-refractivity contribution in [2.24, 2.45) is 0 Å². The van der Waals surface area contributed by atoms with E-state index < -0.39 is 0 Å². The molecule has 3 heterocycles. The molecule has 208 valence electrons. The Labute approximate surface area is 236 Å². The van der Waals surface area contributed by atoms with Crippen LogP contribution in [0.5, 0.6) is 17.2 Å². The van der Waals surface area contributed by atoms with E-state index in [4.69, 9.17) is 24.4 Å². The number of benzene rings is 3. The van der Waals surface area contributed by atoms with Crippen LogP contribution in [0.25, 0.3) is 33.3 Å². The van der Waals surface area contributed by atoms with Gasteiger partial charge in [-0.25, -0.2) is 9.97 Å². The quantitative estimate of drug-likeness (QED) is 0.226. The predicted molar refractivity (Wildman–Crippen MR) is 159 cm³/mol. The van der Waals surface area contributed by atoms with E-state index in [0.717, 1.165) is 55.6 Å². The van der Waals surface area contributed by atoms with Gasteiger partial charge >= 0.3 is 0 Å². The van der Waals surface area contributed by atoms with Crippen molar-refractivity contribution in [2.45, 2.75) is 20.4 Å². The molecule has 0 aliphatic heterocycles. The Kier molecular flexibility index (Phi) is 6.58. The average molecular weight is 551 g/mol. The predicted octanol–water partition coefficient (Wildman–Crippen LogP) is 6.26. The van der Waals surface area contributed by atoms with Gasteiger partial charge in [-0.3, -0.25) is 0 Å². The van der Waals surface area contributed by atoms with Crippen molar-refractivity contribution in [2.75, 3.05) is 32.4 Å². The van der Waals surface area contributed by atoms with Gasteiger partial charge in [-0.1, -0.05) is 18.2 Å². The van der Waals surface area contributed by atoms with E-state index in [9.17, 15) is 0 Å². The van der Waals surface area contributed by atoms with Crippen molar-refractivity contribution in [3.8, 4) is 28.4 Å². The number of nitrogens with one attached hydrogen (secondary N) is 1. The van der Waals surface area contributed by atoms with Crippen molar-refractivity contribution in [1.29, 1.82) is 0 Å². The van der Waals surface area contributed by atoms with Gasteiger partial charge in [0.25, 0.3) is 6.01 Å². The van der Waals surface area contributed by atoms with E-state index in [0.29, 0.717) is 35.6 Å². The first-order chi connectivity index (χ1) is 19.9. The summed E-state index contributed by atoms with van der Waals surface area (Å²) in [6.45, 7) is 4.57. The molecular formula is C31H30N6O4. The molecule has 41 heavy (non-hydrogen) atoms. The fourth-order valence-electron chi connectivity index (χ4n) is 5.20. The third-order valence-corrected chi connectivity index (χ3v) is 7.03. The Hall–Kier alpha value is -5.25. The number of aromatic nitrogens is 4. The third kappa shape index (κ3) is 4.73. The van der Waals surface area contributed by atoms with Crippen molar-refractivity contribution < 1.29 is 18.6 Å². The number of rotatable bonds is 8. The maximum Gasteiger partial charge on any atom is 0.300 e. The molecule has 0 bridgehead atoms. The molecule has 0 amide bonds. The second-order valence-electron chi connectivity index (χ2n) is 9.81. The first-order valence-corrected chi connectivity index (χ1v) is 13.0. The molecule has 0 aliphatic carbocycles. The Morgan fingerprint density at radius 3 is 2.34 bits per heavy atom. The monoisotopic (exact) mass is 550 g/mol.